The second-order valence-electron chi connectivity index (χ2n) is 4.14. The summed E-state index contributed by atoms with van der Waals surface area (Å²) < 4.78 is 10.3. The Morgan fingerprint density at radius 2 is 2.09 bits per heavy atom. The largest absolute Gasteiger partial charge is 0.493 e. The van der Waals surface area contributed by atoms with Crippen LogP contribution in [0.25, 0.3) is 0 Å². The quantitative estimate of drug-likeness (QED) is 0.629. The van der Waals surface area contributed by atoms with Crippen molar-refractivity contribution in [1.29, 1.82) is 0 Å². The first-order chi connectivity index (χ1) is 10.7. The molecular formula is C15H16N2O4S. The minimum absolute atomic E-state index is 0.170. The minimum atomic E-state index is -0.310. The number of nitrogens with zero attached hydrogens (tertiary/aromatic N) is 1. The first-order valence-corrected chi connectivity index (χ1v) is 7.31. The van der Waals surface area contributed by atoms with E-state index in [1.54, 1.807) is 31.5 Å². The lowest BCUT2D eigenvalue weighted by molar-refractivity contribution is -0.120. The van der Waals surface area contributed by atoms with E-state index in [1.165, 1.54) is 18.4 Å². The van der Waals surface area contributed by atoms with Gasteiger partial charge in [0.15, 0.2) is 18.1 Å². The van der Waals surface area contributed by atoms with Gasteiger partial charge in [0.05, 0.1) is 20.4 Å². The SMILES string of the molecule is COc1ccc(NC(=O)CO/N=C/c2cccs2)cc1OC. The molecule has 2 rings (SSSR count). The molecular weight excluding hydrogens is 304 g/mol. The number of ether oxygens (including phenoxy) is 2. The molecule has 1 aromatic heterocycles. The van der Waals surface area contributed by atoms with Crippen LogP contribution < -0.4 is 14.8 Å². The number of anilines is 1. The van der Waals surface area contributed by atoms with Crippen LogP contribution in [0, 0.1) is 0 Å². The maximum atomic E-state index is 11.7. The average molecular weight is 320 g/mol. The standard InChI is InChI=1S/C15H16N2O4S/c1-19-13-6-5-11(8-14(13)20-2)17-15(18)10-21-16-9-12-4-3-7-22-12/h3-9H,10H2,1-2H3,(H,17,18)/b16-9+. The van der Waals surface area contributed by atoms with Crippen LogP contribution in [0.5, 0.6) is 11.5 Å². The second-order valence-corrected chi connectivity index (χ2v) is 5.12. The Labute approximate surface area is 132 Å². The van der Waals surface area contributed by atoms with E-state index in [4.69, 9.17) is 14.3 Å². The Hall–Kier alpha value is -2.54. The summed E-state index contributed by atoms with van der Waals surface area (Å²) in [5, 5.41) is 8.36. The molecule has 116 valence electrons. The lowest BCUT2D eigenvalue weighted by atomic mass is 10.2. The fourth-order valence-electron chi connectivity index (χ4n) is 1.66. The fraction of sp³-hybridized carbons (Fsp3) is 0.200. The Morgan fingerprint density at radius 1 is 1.27 bits per heavy atom. The molecule has 0 fully saturated rings. The van der Waals surface area contributed by atoms with Gasteiger partial charge in [0.2, 0.25) is 0 Å². The summed E-state index contributed by atoms with van der Waals surface area (Å²) in [6, 6.07) is 8.92. The molecule has 0 spiro atoms. The van der Waals surface area contributed by atoms with E-state index in [2.05, 4.69) is 10.5 Å². The lowest BCUT2D eigenvalue weighted by Crippen LogP contribution is -2.17. The number of amides is 1. The Kier molecular flexibility index (Phi) is 5.79. The number of methoxy groups -OCH3 is 2. The van der Waals surface area contributed by atoms with E-state index in [0.717, 1.165) is 4.88 Å². The summed E-state index contributed by atoms with van der Waals surface area (Å²) >= 11 is 1.54. The first-order valence-electron chi connectivity index (χ1n) is 6.43. The topological polar surface area (TPSA) is 69.2 Å². The van der Waals surface area contributed by atoms with Gasteiger partial charge in [-0.25, -0.2) is 0 Å². The summed E-state index contributed by atoms with van der Waals surface area (Å²) in [7, 11) is 3.08. The third-order valence-electron chi connectivity index (χ3n) is 2.66. The van der Waals surface area contributed by atoms with Crippen molar-refractivity contribution >= 4 is 29.1 Å². The van der Waals surface area contributed by atoms with Gasteiger partial charge in [-0.2, -0.15) is 0 Å². The molecule has 7 heteroatoms. The van der Waals surface area contributed by atoms with Gasteiger partial charge >= 0.3 is 0 Å². The number of nitrogens with one attached hydrogen (secondary N) is 1. The zero-order valence-electron chi connectivity index (χ0n) is 12.2. The Morgan fingerprint density at radius 3 is 2.77 bits per heavy atom. The highest BCUT2D eigenvalue weighted by Gasteiger charge is 2.07. The predicted octanol–water partition coefficient (Wildman–Crippen LogP) is 2.75. The van der Waals surface area contributed by atoms with E-state index in [0.29, 0.717) is 17.2 Å². The molecule has 0 saturated heterocycles. The summed E-state index contributed by atoms with van der Waals surface area (Å²) in [5.74, 6) is 0.824. The molecule has 22 heavy (non-hydrogen) atoms. The molecule has 0 aliphatic rings. The highest BCUT2D eigenvalue weighted by molar-refractivity contribution is 7.11. The molecule has 0 aliphatic heterocycles. The summed E-state index contributed by atoms with van der Waals surface area (Å²) in [5.41, 5.74) is 0.591. The number of carbonyl (C=O) groups excluding carboxylic acids is 1. The molecule has 6 nitrogen and oxygen atoms in total. The van der Waals surface area contributed by atoms with E-state index in [1.807, 2.05) is 17.5 Å². The third-order valence-corrected chi connectivity index (χ3v) is 3.47. The number of hydrogen-bond acceptors (Lipinski definition) is 6. The zero-order valence-corrected chi connectivity index (χ0v) is 13.1. The molecule has 0 aliphatic carbocycles. The summed E-state index contributed by atoms with van der Waals surface area (Å²) in [4.78, 5) is 17.7. The van der Waals surface area contributed by atoms with Gasteiger partial charge in [0.1, 0.15) is 0 Å². The van der Waals surface area contributed by atoms with Gasteiger partial charge in [0, 0.05) is 16.6 Å². The molecule has 1 N–H and O–H groups in total. The predicted molar refractivity (Wildman–Crippen MR) is 86.0 cm³/mol. The molecule has 0 bridgehead atoms. The maximum absolute atomic E-state index is 11.7. The molecule has 1 aromatic carbocycles. The maximum Gasteiger partial charge on any atom is 0.265 e. The van der Waals surface area contributed by atoms with Crippen LogP contribution in [-0.4, -0.2) is 32.9 Å². The van der Waals surface area contributed by atoms with Gasteiger partial charge in [-0.05, 0) is 23.6 Å². The van der Waals surface area contributed by atoms with Gasteiger partial charge < -0.3 is 19.6 Å². The van der Waals surface area contributed by atoms with Crippen molar-refractivity contribution in [3.8, 4) is 11.5 Å². The molecule has 0 radical (unpaired) electrons. The van der Waals surface area contributed by atoms with Gasteiger partial charge in [0.25, 0.3) is 5.91 Å². The van der Waals surface area contributed by atoms with Crippen LogP contribution >= 0.6 is 11.3 Å². The van der Waals surface area contributed by atoms with Crippen LogP contribution in [0.2, 0.25) is 0 Å². The average Bonchev–Trinajstić information content (AvgIpc) is 3.04. The van der Waals surface area contributed by atoms with Crippen LogP contribution in [0.3, 0.4) is 0 Å². The Bertz CT molecular complexity index is 641. The highest BCUT2D eigenvalue weighted by Crippen LogP contribution is 2.29. The van der Waals surface area contributed by atoms with E-state index in [9.17, 15) is 4.79 Å². The molecule has 0 unspecified atom stereocenters. The normalized spacial score (nSPS) is 10.5. The molecule has 1 amide bonds. The smallest absolute Gasteiger partial charge is 0.265 e. The third kappa shape index (κ3) is 4.49. The number of hydrogen-bond donors (Lipinski definition) is 1. The van der Waals surface area contributed by atoms with Gasteiger partial charge in [-0.3, -0.25) is 4.79 Å². The van der Waals surface area contributed by atoms with Crippen molar-refractivity contribution < 1.29 is 19.1 Å². The molecule has 1 heterocycles. The second kappa shape index (κ2) is 8.04. The van der Waals surface area contributed by atoms with Crippen molar-refractivity contribution in [3.05, 3.63) is 40.6 Å². The first kappa shape index (κ1) is 15.8. The van der Waals surface area contributed by atoms with Crippen molar-refractivity contribution in [2.75, 3.05) is 26.1 Å². The zero-order chi connectivity index (χ0) is 15.8. The number of oxime groups is 1. The number of carbonyl (C=O) groups is 1. The summed E-state index contributed by atoms with van der Waals surface area (Å²) in [6.45, 7) is -0.170. The van der Waals surface area contributed by atoms with E-state index in [-0.39, 0.29) is 12.5 Å². The van der Waals surface area contributed by atoms with E-state index < -0.39 is 0 Å². The van der Waals surface area contributed by atoms with Crippen LogP contribution in [-0.2, 0) is 9.63 Å². The monoisotopic (exact) mass is 320 g/mol. The number of benzene rings is 1. The lowest BCUT2D eigenvalue weighted by Gasteiger charge is -2.10. The highest BCUT2D eigenvalue weighted by atomic mass is 32.1. The van der Waals surface area contributed by atoms with Crippen molar-refractivity contribution in [3.63, 3.8) is 0 Å². The van der Waals surface area contributed by atoms with Crippen LogP contribution in [0.1, 0.15) is 4.88 Å². The minimum Gasteiger partial charge on any atom is -0.493 e. The summed E-state index contributed by atoms with van der Waals surface area (Å²) in [6.07, 6.45) is 1.56. The van der Waals surface area contributed by atoms with Gasteiger partial charge in [-0.1, -0.05) is 11.2 Å². The van der Waals surface area contributed by atoms with E-state index >= 15 is 0 Å². The van der Waals surface area contributed by atoms with Crippen molar-refractivity contribution in [2.45, 2.75) is 0 Å². The fourth-order valence-corrected chi connectivity index (χ4v) is 2.24. The molecule has 0 atom stereocenters. The van der Waals surface area contributed by atoms with Crippen LogP contribution in [0.4, 0.5) is 5.69 Å². The van der Waals surface area contributed by atoms with Crippen molar-refractivity contribution in [1.82, 2.24) is 0 Å². The number of rotatable bonds is 7. The van der Waals surface area contributed by atoms with Gasteiger partial charge in [-0.15, -0.1) is 11.3 Å². The van der Waals surface area contributed by atoms with Crippen LogP contribution in [0.15, 0.2) is 40.9 Å². The Balaban J connectivity index is 1.84. The van der Waals surface area contributed by atoms with Crippen molar-refractivity contribution in [2.24, 2.45) is 5.16 Å². The number of thiophene rings is 1. The molecule has 0 saturated carbocycles. The molecule has 2 aromatic rings.